The van der Waals surface area contributed by atoms with E-state index in [2.05, 4.69) is 35.8 Å². The van der Waals surface area contributed by atoms with Gasteiger partial charge in [-0.3, -0.25) is 4.68 Å². The second kappa shape index (κ2) is 7.72. The molecule has 7 nitrogen and oxygen atoms in total. The van der Waals surface area contributed by atoms with Crippen molar-refractivity contribution >= 4 is 5.82 Å². The van der Waals surface area contributed by atoms with E-state index in [1.807, 2.05) is 30.1 Å². The van der Waals surface area contributed by atoms with E-state index in [4.69, 9.17) is 14.5 Å². The van der Waals surface area contributed by atoms with Crippen molar-refractivity contribution in [2.75, 3.05) is 31.7 Å². The maximum Gasteiger partial charge on any atom is 0.136 e. The van der Waals surface area contributed by atoms with Gasteiger partial charge in [0.15, 0.2) is 0 Å². The fourth-order valence-electron chi connectivity index (χ4n) is 3.02. The quantitative estimate of drug-likeness (QED) is 0.816. The van der Waals surface area contributed by atoms with Gasteiger partial charge in [-0.05, 0) is 12.5 Å². The number of aryl methyl sites for hydroxylation is 1. The fourth-order valence-corrected chi connectivity index (χ4v) is 3.02. The van der Waals surface area contributed by atoms with Gasteiger partial charge in [0.1, 0.15) is 11.6 Å². The zero-order valence-corrected chi connectivity index (χ0v) is 16.4. The molecule has 3 heterocycles. The van der Waals surface area contributed by atoms with E-state index >= 15 is 0 Å². The lowest BCUT2D eigenvalue weighted by Crippen LogP contribution is -2.45. The Morgan fingerprint density at radius 2 is 2.12 bits per heavy atom. The first-order chi connectivity index (χ1) is 12.3. The summed E-state index contributed by atoms with van der Waals surface area (Å²) in [4.78, 5) is 11.8. The highest BCUT2D eigenvalue weighted by Crippen LogP contribution is 2.24. The van der Waals surface area contributed by atoms with Crippen LogP contribution in [0.25, 0.3) is 0 Å². The molecule has 0 aliphatic carbocycles. The van der Waals surface area contributed by atoms with Gasteiger partial charge >= 0.3 is 0 Å². The Morgan fingerprint density at radius 3 is 2.77 bits per heavy atom. The molecule has 0 N–H and O–H groups in total. The Balaban J connectivity index is 1.79. The SMILES string of the molecule is COCc1cc(N2CCOC(Cn3cc(C)cn3)C2)nc(C(C)(C)C)n1. The van der Waals surface area contributed by atoms with Gasteiger partial charge in [-0.25, -0.2) is 9.97 Å². The number of rotatable bonds is 5. The van der Waals surface area contributed by atoms with Crippen molar-refractivity contribution in [1.82, 2.24) is 19.7 Å². The fraction of sp³-hybridized carbons (Fsp3) is 0.632. The van der Waals surface area contributed by atoms with Crippen LogP contribution in [0.15, 0.2) is 18.5 Å². The van der Waals surface area contributed by atoms with Gasteiger partial charge < -0.3 is 14.4 Å². The average Bonchev–Trinajstić information content (AvgIpc) is 2.99. The molecule has 0 aromatic carbocycles. The Labute approximate surface area is 155 Å². The Morgan fingerprint density at radius 1 is 1.31 bits per heavy atom. The van der Waals surface area contributed by atoms with Gasteiger partial charge in [-0.2, -0.15) is 5.10 Å². The second-order valence-corrected chi connectivity index (χ2v) is 7.90. The lowest BCUT2D eigenvalue weighted by molar-refractivity contribution is 0.0271. The minimum Gasteiger partial charge on any atom is -0.378 e. The summed E-state index contributed by atoms with van der Waals surface area (Å²) in [6.45, 7) is 11.9. The Kier molecular flexibility index (Phi) is 5.58. The van der Waals surface area contributed by atoms with Crippen molar-refractivity contribution in [2.45, 2.75) is 52.4 Å². The predicted octanol–water partition coefficient (Wildman–Crippen LogP) is 2.33. The molecule has 7 heteroatoms. The molecule has 0 bridgehead atoms. The van der Waals surface area contributed by atoms with Gasteiger partial charge in [0.2, 0.25) is 0 Å². The van der Waals surface area contributed by atoms with Crippen molar-refractivity contribution in [1.29, 1.82) is 0 Å². The molecule has 142 valence electrons. The van der Waals surface area contributed by atoms with Crippen molar-refractivity contribution in [3.05, 3.63) is 35.5 Å². The van der Waals surface area contributed by atoms with E-state index in [9.17, 15) is 0 Å². The van der Waals surface area contributed by atoms with Crippen molar-refractivity contribution in [2.24, 2.45) is 0 Å². The van der Waals surface area contributed by atoms with Gasteiger partial charge in [0, 0.05) is 37.9 Å². The highest BCUT2D eigenvalue weighted by molar-refractivity contribution is 5.41. The molecule has 1 unspecified atom stereocenters. The topological polar surface area (TPSA) is 65.3 Å². The first-order valence-corrected chi connectivity index (χ1v) is 9.08. The van der Waals surface area contributed by atoms with Gasteiger partial charge in [-0.15, -0.1) is 0 Å². The van der Waals surface area contributed by atoms with E-state index in [1.54, 1.807) is 7.11 Å². The number of hydrogen-bond donors (Lipinski definition) is 0. The summed E-state index contributed by atoms with van der Waals surface area (Å²) in [5.74, 6) is 1.79. The van der Waals surface area contributed by atoms with Crippen LogP contribution in [-0.4, -0.2) is 52.7 Å². The standard InChI is InChI=1S/C19H29N5O2/c1-14-9-20-24(10-14)12-16-11-23(6-7-26-16)17-8-15(13-25-5)21-18(22-17)19(2,3)4/h8-10,16H,6-7,11-13H2,1-5H3. The summed E-state index contributed by atoms with van der Waals surface area (Å²) in [6.07, 6.45) is 4.00. The van der Waals surface area contributed by atoms with E-state index in [0.717, 1.165) is 42.5 Å². The molecule has 2 aromatic rings. The summed E-state index contributed by atoms with van der Waals surface area (Å²) in [5.41, 5.74) is 1.96. The first kappa shape index (κ1) is 18.8. The minimum atomic E-state index is -0.114. The molecule has 0 amide bonds. The van der Waals surface area contributed by atoms with E-state index in [0.29, 0.717) is 13.2 Å². The summed E-state index contributed by atoms with van der Waals surface area (Å²) in [6, 6.07) is 2.03. The maximum absolute atomic E-state index is 5.95. The van der Waals surface area contributed by atoms with Crippen LogP contribution in [0, 0.1) is 6.92 Å². The normalized spacial score (nSPS) is 18.3. The van der Waals surface area contributed by atoms with Crippen LogP contribution in [0.5, 0.6) is 0 Å². The molecule has 0 spiro atoms. The molecule has 1 saturated heterocycles. The molecule has 3 rings (SSSR count). The first-order valence-electron chi connectivity index (χ1n) is 9.08. The number of methoxy groups -OCH3 is 1. The van der Waals surface area contributed by atoms with Crippen LogP contribution in [0.2, 0.25) is 0 Å². The minimum absolute atomic E-state index is 0.0852. The summed E-state index contributed by atoms with van der Waals surface area (Å²) < 4.78 is 13.2. The second-order valence-electron chi connectivity index (χ2n) is 7.90. The lowest BCUT2D eigenvalue weighted by Gasteiger charge is -2.34. The molecular formula is C19H29N5O2. The maximum atomic E-state index is 5.95. The molecule has 1 atom stereocenters. The molecule has 2 aromatic heterocycles. The van der Waals surface area contributed by atoms with Crippen molar-refractivity contribution in [3.63, 3.8) is 0 Å². The Hall–Kier alpha value is -1.99. The molecule has 0 saturated carbocycles. The van der Waals surface area contributed by atoms with Gasteiger partial charge in [-0.1, -0.05) is 20.8 Å². The predicted molar refractivity (Wildman–Crippen MR) is 100 cm³/mol. The smallest absolute Gasteiger partial charge is 0.136 e. The van der Waals surface area contributed by atoms with Crippen LogP contribution in [0.3, 0.4) is 0 Å². The van der Waals surface area contributed by atoms with Crippen LogP contribution >= 0.6 is 0 Å². The third kappa shape index (κ3) is 4.59. The highest BCUT2D eigenvalue weighted by Gasteiger charge is 2.25. The summed E-state index contributed by atoms with van der Waals surface area (Å²) in [5, 5.41) is 4.37. The van der Waals surface area contributed by atoms with E-state index in [-0.39, 0.29) is 11.5 Å². The highest BCUT2D eigenvalue weighted by atomic mass is 16.5. The van der Waals surface area contributed by atoms with Crippen LogP contribution in [0.1, 0.15) is 37.9 Å². The Bertz CT molecular complexity index is 738. The van der Waals surface area contributed by atoms with Gasteiger partial charge in [0.05, 0.1) is 37.8 Å². The molecule has 1 fully saturated rings. The third-order valence-electron chi connectivity index (χ3n) is 4.34. The van der Waals surface area contributed by atoms with Crippen molar-refractivity contribution in [3.8, 4) is 0 Å². The third-order valence-corrected chi connectivity index (χ3v) is 4.34. The monoisotopic (exact) mass is 359 g/mol. The lowest BCUT2D eigenvalue weighted by atomic mass is 9.95. The van der Waals surface area contributed by atoms with Crippen LogP contribution < -0.4 is 4.90 Å². The van der Waals surface area contributed by atoms with E-state index in [1.165, 1.54) is 0 Å². The summed E-state index contributed by atoms with van der Waals surface area (Å²) >= 11 is 0. The molecule has 26 heavy (non-hydrogen) atoms. The molecule has 1 aliphatic rings. The number of anilines is 1. The molecule has 0 radical (unpaired) electrons. The zero-order valence-electron chi connectivity index (χ0n) is 16.4. The molecule has 1 aliphatic heterocycles. The van der Waals surface area contributed by atoms with Gasteiger partial charge in [0.25, 0.3) is 0 Å². The number of hydrogen-bond acceptors (Lipinski definition) is 6. The number of ether oxygens (including phenoxy) is 2. The largest absolute Gasteiger partial charge is 0.378 e. The average molecular weight is 359 g/mol. The number of morpholine rings is 1. The van der Waals surface area contributed by atoms with E-state index < -0.39 is 0 Å². The number of aromatic nitrogens is 4. The van der Waals surface area contributed by atoms with Crippen molar-refractivity contribution < 1.29 is 9.47 Å². The number of nitrogens with zero attached hydrogens (tertiary/aromatic N) is 5. The molecular weight excluding hydrogens is 330 g/mol. The van der Waals surface area contributed by atoms with Crippen LogP contribution in [-0.2, 0) is 28.0 Å². The zero-order chi connectivity index (χ0) is 18.7. The summed E-state index contributed by atoms with van der Waals surface area (Å²) in [7, 11) is 1.69. The van der Waals surface area contributed by atoms with Crippen LogP contribution in [0.4, 0.5) is 5.82 Å².